The van der Waals surface area contributed by atoms with Gasteiger partial charge in [0.25, 0.3) is 0 Å². The first-order valence-corrected chi connectivity index (χ1v) is 6.07. The Labute approximate surface area is 115 Å². The van der Waals surface area contributed by atoms with E-state index in [9.17, 15) is 4.79 Å². The van der Waals surface area contributed by atoms with E-state index in [-0.39, 0.29) is 12.2 Å². The van der Waals surface area contributed by atoms with E-state index < -0.39 is 0 Å². The summed E-state index contributed by atoms with van der Waals surface area (Å²) in [7, 11) is 0. The number of rotatable bonds is 3. The minimum Gasteiger partial charge on any atom is -0.292 e. The summed E-state index contributed by atoms with van der Waals surface area (Å²) in [4.78, 5) is 20.1. The fourth-order valence-electron chi connectivity index (χ4n) is 1.48. The lowest BCUT2D eigenvalue weighted by molar-refractivity contribution is 0.0988. The van der Waals surface area contributed by atoms with Gasteiger partial charge in [0, 0.05) is 22.7 Å². The second kappa shape index (κ2) is 5.46. The Kier molecular flexibility index (Phi) is 3.94. The maximum absolute atomic E-state index is 12.0. The number of hydrogen-bond acceptors (Lipinski definition) is 3. The largest absolute Gasteiger partial charge is 0.292 e. The van der Waals surface area contributed by atoms with Crippen molar-refractivity contribution in [3.63, 3.8) is 0 Å². The van der Waals surface area contributed by atoms with Gasteiger partial charge in [-0.1, -0.05) is 23.2 Å². The number of benzene rings is 1. The molecule has 0 bridgehead atoms. The lowest BCUT2D eigenvalue weighted by atomic mass is 10.1. The van der Waals surface area contributed by atoms with Crippen molar-refractivity contribution in [1.29, 1.82) is 0 Å². The maximum Gasteiger partial charge on any atom is 0.187 e. The summed E-state index contributed by atoms with van der Waals surface area (Å²) in [6.45, 7) is 1.81. The molecule has 0 spiro atoms. The van der Waals surface area contributed by atoms with Crippen LogP contribution in [-0.4, -0.2) is 15.8 Å². The number of nitrogens with zero attached hydrogens (tertiary/aromatic N) is 2. The van der Waals surface area contributed by atoms with E-state index in [1.165, 1.54) is 6.20 Å². The van der Waals surface area contributed by atoms with E-state index in [1.807, 2.05) is 6.92 Å². The summed E-state index contributed by atoms with van der Waals surface area (Å²) in [6.07, 6.45) is 3.19. The maximum atomic E-state index is 12.0. The lowest BCUT2D eigenvalue weighted by Gasteiger charge is -2.04. The van der Waals surface area contributed by atoms with Gasteiger partial charge in [-0.15, -0.1) is 0 Å². The number of hydrogen-bond donors (Lipinski definition) is 0. The van der Waals surface area contributed by atoms with Crippen LogP contribution in [0.25, 0.3) is 0 Å². The standard InChI is InChI=1S/C13H10Cl2N2O/c1-8-6-17-12(7-16-8)13(18)5-9-4-10(14)2-3-11(9)15/h2-4,6-7H,5H2,1H3. The molecular formula is C13H10Cl2N2O. The van der Waals surface area contributed by atoms with E-state index in [0.29, 0.717) is 21.3 Å². The second-order valence-electron chi connectivity index (χ2n) is 3.88. The molecule has 18 heavy (non-hydrogen) atoms. The first-order chi connectivity index (χ1) is 8.56. The van der Waals surface area contributed by atoms with Crippen LogP contribution in [0.15, 0.2) is 30.6 Å². The lowest BCUT2D eigenvalue weighted by Crippen LogP contribution is -2.07. The summed E-state index contributed by atoms with van der Waals surface area (Å²) in [6, 6.07) is 5.04. The number of aryl methyl sites for hydroxylation is 1. The third-order valence-corrected chi connectivity index (χ3v) is 3.03. The van der Waals surface area contributed by atoms with Gasteiger partial charge in [-0.3, -0.25) is 9.78 Å². The zero-order chi connectivity index (χ0) is 13.1. The highest BCUT2D eigenvalue weighted by Crippen LogP contribution is 2.21. The van der Waals surface area contributed by atoms with Crippen LogP contribution in [0.5, 0.6) is 0 Å². The molecule has 92 valence electrons. The molecular weight excluding hydrogens is 271 g/mol. The van der Waals surface area contributed by atoms with Gasteiger partial charge in [-0.25, -0.2) is 4.98 Å². The molecule has 5 heteroatoms. The van der Waals surface area contributed by atoms with Crippen LogP contribution < -0.4 is 0 Å². The van der Waals surface area contributed by atoms with Gasteiger partial charge in [0.05, 0.1) is 11.9 Å². The molecule has 0 radical (unpaired) electrons. The van der Waals surface area contributed by atoms with Crippen molar-refractivity contribution in [2.45, 2.75) is 13.3 Å². The monoisotopic (exact) mass is 280 g/mol. The third kappa shape index (κ3) is 3.06. The highest BCUT2D eigenvalue weighted by atomic mass is 35.5. The summed E-state index contributed by atoms with van der Waals surface area (Å²) in [5.74, 6) is -0.133. The van der Waals surface area contributed by atoms with Crippen LogP contribution in [0.3, 0.4) is 0 Å². The van der Waals surface area contributed by atoms with E-state index >= 15 is 0 Å². The first kappa shape index (κ1) is 13.0. The molecule has 1 aromatic heterocycles. The van der Waals surface area contributed by atoms with Gasteiger partial charge in [-0.2, -0.15) is 0 Å². The molecule has 1 aromatic carbocycles. The molecule has 0 aliphatic heterocycles. The zero-order valence-electron chi connectivity index (χ0n) is 9.65. The average molecular weight is 281 g/mol. The molecule has 0 saturated carbocycles. The molecule has 0 aliphatic carbocycles. The van der Waals surface area contributed by atoms with Gasteiger partial charge in [0.1, 0.15) is 5.69 Å². The molecule has 3 nitrogen and oxygen atoms in total. The Bertz CT molecular complexity index is 582. The Morgan fingerprint density at radius 2 is 2.00 bits per heavy atom. The predicted molar refractivity (Wildman–Crippen MR) is 71.3 cm³/mol. The number of ketones is 1. The normalized spacial score (nSPS) is 10.4. The van der Waals surface area contributed by atoms with Crippen LogP contribution in [0.2, 0.25) is 10.0 Å². The van der Waals surface area contributed by atoms with Gasteiger partial charge in [-0.05, 0) is 30.7 Å². The van der Waals surface area contributed by atoms with Crippen LogP contribution in [0.4, 0.5) is 0 Å². The van der Waals surface area contributed by atoms with Gasteiger partial charge < -0.3 is 0 Å². The molecule has 0 aliphatic rings. The van der Waals surface area contributed by atoms with Crippen LogP contribution in [0, 0.1) is 6.92 Å². The Morgan fingerprint density at radius 3 is 2.67 bits per heavy atom. The summed E-state index contributed by atoms with van der Waals surface area (Å²) in [5, 5.41) is 1.07. The topological polar surface area (TPSA) is 42.9 Å². The molecule has 1 heterocycles. The second-order valence-corrected chi connectivity index (χ2v) is 4.72. The number of halogens is 2. The quantitative estimate of drug-likeness (QED) is 0.808. The fraction of sp³-hybridized carbons (Fsp3) is 0.154. The molecule has 0 atom stereocenters. The van der Waals surface area contributed by atoms with Crippen molar-refractivity contribution in [3.8, 4) is 0 Å². The minimum atomic E-state index is -0.133. The van der Waals surface area contributed by atoms with Gasteiger partial charge in [0.15, 0.2) is 5.78 Å². The van der Waals surface area contributed by atoms with Gasteiger partial charge >= 0.3 is 0 Å². The smallest absolute Gasteiger partial charge is 0.187 e. The highest BCUT2D eigenvalue weighted by Gasteiger charge is 2.11. The van der Waals surface area contributed by atoms with Crippen LogP contribution in [0.1, 0.15) is 21.7 Å². The summed E-state index contributed by atoms with van der Waals surface area (Å²) < 4.78 is 0. The zero-order valence-corrected chi connectivity index (χ0v) is 11.2. The Balaban J connectivity index is 2.21. The van der Waals surface area contributed by atoms with Crippen molar-refractivity contribution >= 4 is 29.0 Å². The van der Waals surface area contributed by atoms with Crippen LogP contribution >= 0.6 is 23.2 Å². The Morgan fingerprint density at radius 1 is 1.22 bits per heavy atom. The van der Waals surface area contributed by atoms with E-state index in [2.05, 4.69) is 9.97 Å². The summed E-state index contributed by atoms with van der Waals surface area (Å²) in [5.41, 5.74) is 1.79. The SMILES string of the molecule is Cc1cnc(C(=O)Cc2cc(Cl)ccc2Cl)cn1. The molecule has 0 N–H and O–H groups in total. The van der Waals surface area contributed by atoms with Crippen molar-refractivity contribution in [2.75, 3.05) is 0 Å². The van der Waals surface area contributed by atoms with E-state index in [1.54, 1.807) is 24.4 Å². The molecule has 0 fully saturated rings. The van der Waals surface area contributed by atoms with Crippen molar-refractivity contribution < 1.29 is 4.79 Å². The summed E-state index contributed by atoms with van der Waals surface area (Å²) >= 11 is 11.9. The minimum absolute atomic E-state index is 0.133. The average Bonchev–Trinajstić information content (AvgIpc) is 2.34. The number of aromatic nitrogens is 2. The molecule has 0 saturated heterocycles. The first-order valence-electron chi connectivity index (χ1n) is 5.32. The van der Waals surface area contributed by atoms with Gasteiger partial charge in [0.2, 0.25) is 0 Å². The van der Waals surface area contributed by atoms with E-state index in [4.69, 9.17) is 23.2 Å². The number of Topliss-reactive ketones (excluding diaryl/α,β-unsaturated/α-hetero) is 1. The van der Waals surface area contributed by atoms with Crippen molar-refractivity contribution in [3.05, 3.63) is 57.6 Å². The number of carbonyl (C=O) groups excluding carboxylic acids is 1. The predicted octanol–water partition coefficient (Wildman–Crippen LogP) is 3.52. The fourth-order valence-corrected chi connectivity index (χ4v) is 1.86. The van der Waals surface area contributed by atoms with E-state index in [0.717, 1.165) is 5.69 Å². The molecule has 2 rings (SSSR count). The molecule has 0 amide bonds. The Hall–Kier alpha value is -1.45. The molecule has 2 aromatic rings. The third-order valence-electron chi connectivity index (χ3n) is 2.43. The highest BCUT2D eigenvalue weighted by molar-refractivity contribution is 6.33. The molecule has 0 unspecified atom stereocenters. The van der Waals surface area contributed by atoms with Crippen molar-refractivity contribution in [1.82, 2.24) is 9.97 Å². The van der Waals surface area contributed by atoms with Crippen molar-refractivity contribution in [2.24, 2.45) is 0 Å². The number of carbonyl (C=O) groups is 1. The van der Waals surface area contributed by atoms with Crippen LogP contribution in [-0.2, 0) is 6.42 Å².